The van der Waals surface area contributed by atoms with Crippen molar-refractivity contribution in [2.75, 3.05) is 6.54 Å². The summed E-state index contributed by atoms with van der Waals surface area (Å²) in [6, 6.07) is 8.37. The third-order valence-electron chi connectivity index (χ3n) is 3.84. The van der Waals surface area contributed by atoms with E-state index in [2.05, 4.69) is 30.4 Å². The number of benzene rings is 1. The van der Waals surface area contributed by atoms with Crippen molar-refractivity contribution >= 4 is 11.9 Å². The monoisotopic (exact) mass is 295 g/mol. The molecule has 116 valence electrons. The van der Waals surface area contributed by atoms with Crippen LogP contribution in [-0.2, 0) is 21.5 Å². The number of aliphatic hydroxyl groups is 1. The normalized spacial score (nSPS) is 20.8. The topological polar surface area (TPSA) is 107 Å². The van der Waals surface area contributed by atoms with Crippen LogP contribution >= 0.6 is 0 Å². The molecule has 2 rings (SSSR count). The lowest BCUT2D eigenvalue weighted by Crippen LogP contribution is -2.58. The highest BCUT2D eigenvalue weighted by Crippen LogP contribution is 2.36. The summed E-state index contributed by atoms with van der Waals surface area (Å²) in [7, 11) is 0. The molecule has 1 aliphatic heterocycles. The van der Waals surface area contributed by atoms with Gasteiger partial charge in [-0.3, -0.25) is 0 Å². The van der Waals surface area contributed by atoms with Crippen molar-refractivity contribution in [2.45, 2.75) is 38.3 Å². The summed E-state index contributed by atoms with van der Waals surface area (Å²) in [6.45, 7) is 6.73. The molecule has 0 saturated carbocycles. The molecular formula is C15H21NO5. The van der Waals surface area contributed by atoms with Crippen molar-refractivity contribution in [3.8, 4) is 0 Å². The van der Waals surface area contributed by atoms with Crippen LogP contribution in [-0.4, -0.2) is 39.4 Å². The lowest BCUT2D eigenvalue weighted by Gasteiger charge is -2.45. The van der Waals surface area contributed by atoms with E-state index in [1.165, 1.54) is 11.1 Å². The first kappa shape index (κ1) is 17.1. The molecule has 1 atom stereocenters. The third kappa shape index (κ3) is 3.80. The standard InChI is InChI=1S/C13H19NO.C2H2O4/c1-12(2,15)13(3)11-7-5-4-6-10(11)8-9-14-13;3-1(4)2(5)6/h4-7,14-15H,8-9H2,1-3H3;(H,3,4)(H,5,6). The Morgan fingerprint density at radius 1 is 1.19 bits per heavy atom. The van der Waals surface area contributed by atoms with Crippen molar-refractivity contribution in [3.05, 3.63) is 35.4 Å². The summed E-state index contributed by atoms with van der Waals surface area (Å²) >= 11 is 0. The molecule has 1 heterocycles. The van der Waals surface area contributed by atoms with Gasteiger partial charge in [-0.05, 0) is 38.3 Å². The highest BCUT2D eigenvalue weighted by Gasteiger charge is 2.43. The van der Waals surface area contributed by atoms with Crippen LogP contribution in [0.3, 0.4) is 0 Å². The largest absolute Gasteiger partial charge is 0.473 e. The van der Waals surface area contributed by atoms with Crippen LogP contribution in [0.5, 0.6) is 0 Å². The van der Waals surface area contributed by atoms with Crippen LogP contribution in [0.25, 0.3) is 0 Å². The lowest BCUT2D eigenvalue weighted by molar-refractivity contribution is -0.159. The molecule has 21 heavy (non-hydrogen) atoms. The zero-order chi connectivity index (χ0) is 16.3. The average molecular weight is 295 g/mol. The number of nitrogens with one attached hydrogen (secondary N) is 1. The van der Waals surface area contributed by atoms with Crippen LogP contribution in [0.1, 0.15) is 31.9 Å². The van der Waals surface area contributed by atoms with Gasteiger partial charge < -0.3 is 20.6 Å². The molecule has 0 fully saturated rings. The van der Waals surface area contributed by atoms with E-state index in [1.807, 2.05) is 19.9 Å². The third-order valence-corrected chi connectivity index (χ3v) is 3.84. The second-order valence-electron chi connectivity index (χ2n) is 5.63. The van der Waals surface area contributed by atoms with E-state index in [9.17, 15) is 5.11 Å². The van der Waals surface area contributed by atoms with Crippen molar-refractivity contribution in [1.29, 1.82) is 0 Å². The predicted molar refractivity (Wildman–Crippen MR) is 77.1 cm³/mol. The molecule has 0 spiro atoms. The first-order valence-corrected chi connectivity index (χ1v) is 6.61. The molecule has 6 nitrogen and oxygen atoms in total. The summed E-state index contributed by atoms with van der Waals surface area (Å²) in [5.41, 5.74) is 1.47. The number of hydrogen-bond acceptors (Lipinski definition) is 4. The van der Waals surface area contributed by atoms with Gasteiger partial charge in [0.15, 0.2) is 0 Å². The van der Waals surface area contributed by atoms with E-state index in [1.54, 1.807) is 0 Å². The van der Waals surface area contributed by atoms with E-state index in [-0.39, 0.29) is 5.54 Å². The lowest BCUT2D eigenvalue weighted by atomic mass is 9.74. The molecule has 1 aromatic rings. The van der Waals surface area contributed by atoms with E-state index >= 15 is 0 Å². The van der Waals surface area contributed by atoms with Gasteiger partial charge in [0.1, 0.15) is 0 Å². The van der Waals surface area contributed by atoms with Crippen LogP contribution in [0.15, 0.2) is 24.3 Å². The summed E-state index contributed by atoms with van der Waals surface area (Å²) in [5, 5.41) is 28.5. The van der Waals surface area contributed by atoms with E-state index in [0.717, 1.165) is 13.0 Å². The Morgan fingerprint density at radius 2 is 1.71 bits per heavy atom. The minimum Gasteiger partial charge on any atom is -0.473 e. The van der Waals surface area contributed by atoms with Gasteiger partial charge in [-0.15, -0.1) is 0 Å². The molecule has 4 N–H and O–H groups in total. The number of carbonyl (C=O) groups is 2. The number of rotatable bonds is 1. The van der Waals surface area contributed by atoms with Gasteiger partial charge in [0.2, 0.25) is 0 Å². The molecule has 0 radical (unpaired) electrons. The van der Waals surface area contributed by atoms with Gasteiger partial charge in [-0.1, -0.05) is 24.3 Å². The molecule has 0 saturated heterocycles. The zero-order valence-corrected chi connectivity index (χ0v) is 12.4. The highest BCUT2D eigenvalue weighted by molar-refractivity contribution is 6.27. The quantitative estimate of drug-likeness (QED) is 0.575. The Kier molecular flexibility index (Phi) is 5.09. The molecule has 0 amide bonds. The number of fused-ring (bicyclic) bond motifs is 1. The molecule has 1 aliphatic rings. The van der Waals surface area contributed by atoms with Crippen molar-refractivity contribution < 1.29 is 24.9 Å². The second kappa shape index (κ2) is 6.24. The number of hydrogen-bond donors (Lipinski definition) is 4. The van der Waals surface area contributed by atoms with Crippen molar-refractivity contribution in [1.82, 2.24) is 5.32 Å². The fraction of sp³-hybridized carbons (Fsp3) is 0.467. The van der Waals surface area contributed by atoms with Gasteiger partial charge in [0.05, 0.1) is 11.1 Å². The van der Waals surface area contributed by atoms with E-state index < -0.39 is 17.5 Å². The number of carboxylic acid groups (broad SMARTS) is 2. The van der Waals surface area contributed by atoms with Crippen molar-refractivity contribution in [3.63, 3.8) is 0 Å². The SMILES string of the molecule is CC(C)(O)C1(C)NCCc2ccccc21.O=C(O)C(=O)O. The van der Waals surface area contributed by atoms with Gasteiger partial charge in [-0.2, -0.15) is 0 Å². The zero-order valence-electron chi connectivity index (χ0n) is 12.4. The van der Waals surface area contributed by atoms with Crippen LogP contribution in [0.4, 0.5) is 0 Å². The molecular weight excluding hydrogens is 274 g/mol. The van der Waals surface area contributed by atoms with E-state index in [4.69, 9.17) is 19.8 Å². The van der Waals surface area contributed by atoms with Crippen molar-refractivity contribution in [2.24, 2.45) is 0 Å². The maximum atomic E-state index is 10.3. The highest BCUT2D eigenvalue weighted by atomic mass is 16.4. The maximum Gasteiger partial charge on any atom is 0.414 e. The molecule has 1 unspecified atom stereocenters. The Balaban J connectivity index is 0.000000315. The minimum absolute atomic E-state index is 0.345. The van der Waals surface area contributed by atoms with Gasteiger partial charge in [-0.25, -0.2) is 9.59 Å². The fourth-order valence-electron chi connectivity index (χ4n) is 2.31. The molecule has 6 heteroatoms. The molecule has 1 aromatic carbocycles. The summed E-state index contributed by atoms with van der Waals surface area (Å²) in [6.07, 6.45) is 1.04. The van der Waals surface area contributed by atoms with Gasteiger partial charge in [0, 0.05) is 6.54 Å². The summed E-state index contributed by atoms with van der Waals surface area (Å²) in [4.78, 5) is 18.2. The number of carboxylic acids is 2. The number of aliphatic carboxylic acids is 2. The molecule has 0 bridgehead atoms. The smallest absolute Gasteiger partial charge is 0.414 e. The van der Waals surface area contributed by atoms with Crippen LogP contribution in [0.2, 0.25) is 0 Å². The molecule has 0 aromatic heterocycles. The minimum atomic E-state index is -1.82. The predicted octanol–water partition coefficient (Wildman–Crippen LogP) is 0.974. The fourth-order valence-corrected chi connectivity index (χ4v) is 2.31. The molecule has 0 aliphatic carbocycles. The first-order valence-electron chi connectivity index (χ1n) is 6.61. The Bertz CT molecular complexity index is 523. The second-order valence-corrected chi connectivity index (χ2v) is 5.63. The first-order chi connectivity index (χ1) is 9.59. The van der Waals surface area contributed by atoms with Crippen LogP contribution < -0.4 is 5.32 Å². The summed E-state index contributed by atoms with van der Waals surface area (Å²) < 4.78 is 0. The van der Waals surface area contributed by atoms with Gasteiger partial charge in [0.25, 0.3) is 0 Å². The van der Waals surface area contributed by atoms with Gasteiger partial charge >= 0.3 is 11.9 Å². The van der Waals surface area contributed by atoms with Crippen LogP contribution in [0, 0.1) is 0 Å². The summed E-state index contributed by atoms with van der Waals surface area (Å²) in [5.74, 6) is -3.65. The maximum absolute atomic E-state index is 10.3. The Morgan fingerprint density at radius 3 is 2.19 bits per heavy atom. The Hall–Kier alpha value is -1.92. The Labute approximate surface area is 123 Å². The average Bonchev–Trinajstić information content (AvgIpc) is 2.38. The van der Waals surface area contributed by atoms with E-state index in [0.29, 0.717) is 0 Å².